The molecule has 152 valence electrons. The second-order valence-electron chi connectivity index (χ2n) is 6.43. The monoisotopic (exact) mass is 428 g/mol. The summed E-state index contributed by atoms with van der Waals surface area (Å²) >= 11 is 1.22. The van der Waals surface area contributed by atoms with E-state index in [4.69, 9.17) is 10.00 Å². The predicted octanol–water partition coefficient (Wildman–Crippen LogP) is 4.27. The van der Waals surface area contributed by atoms with Crippen LogP contribution in [-0.2, 0) is 9.53 Å². The van der Waals surface area contributed by atoms with Crippen molar-refractivity contribution in [2.24, 2.45) is 0 Å². The first-order chi connectivity index (χ1) is 15.2. The number of hydrogen-bond donors (Lipinski definition) is 1. The number of amides is 1. The average molecular weight is 428 g/mol. The van der Waals surface area contributed by atoms with Crippen molar-refractivity contribution in [2.75, 3.05) is 11.9 Å². The molecule has 0 aliphatic heterocycles. The Kier molecular flexibility index (Phi) is 5.87. The van der Waals surface area contributed by atoms with E-state index in [1.807, 2.05) is 66.7 Å². The highest BCUT2D eigenvalue weighted by molar-refractivity contribution is 7.14. The van der Waals surface area contributed by atoms with Crippen LogP contribution in [0.25, 0.3) is 16.9 Å². The topological polar surface area (TPSA) is 97.0 Å². The first kappa shape index (κ1) is 20.1. The number of carbonyl (C=O) groups is 2. The zero-order valence-corrected chi connectivity index (χ0v) is 17.0. The lowest BCUT2D eigenvalue weighted by Crippen LogP contribution is -2.22. The maximum Gasteiger partial charge on any atom is 0.357 e. The number of anilines is 1. The Hall–Kier alpha value is -4.22. The standard InChI is InChI=1S/C23H16N4O3S/c24-14-17-11-12-31-22(17)25-21(28)15-30-23(29)20-13-19(16-7-3-1-4-8-16)26-27(20)18-9-5-2-6-10-18/h1-13H,15H2,(H,25,28). The van der Waals surface area contributed by atoms with Gasteiger partial charge < -0.3 is 10.1 Å². The van der Waals surface area contributed by atoms with Crippen molar-refractivity contribution in [3.8, 4) is 23.0 Å². The van der Waals surface area contributed by atoms with Crippen LogP contribution in [0.15, 0.2) is 78.2 Å². The minimum atomic E-state index is -0.680. The molecule has 2 heterocycles. The zero-order chi connectivity index (χ0) is 21.6. The Morgan fingerprint density at radius 2 is 1.77 bits per heavy atom. The lowest BCUT2D eigenvalue weighted by atomic mass is 10.1. The van der Waals surface area contributed by atoms with E-state index in [1.54, 1.807) is 17.5 Å². The Morgan fingerprint density at radius 1 is 1.06 bits per heavy atom. The summed E-state index contributed by atoms with van der Waals surface area (Å²) in [7, 11) is 0. The fourth-order valence-corrected chi connectivity index (χ4v) is 3.66. The summed E-state index contributed by atoms with van der Waals surface area (Å²) in [5.41, 5.74) is 2.72. The highest BCUT2D eigenvalue weighted by Crippen LogP contribution is 2.23. The molecule has 8 heteroatoms. The largest absolute Gasteiger partial charge is 0.451 e. The van der Waals surface area contributed by atoms with Gasteiger partial charge in [-0.2, -0.15) is 10.4 Å². The summed E-state index contributed by atoms with van der Waals surface area (Å²) in [6.07, 6.45) is 0. The number of aromatic nitrogens is 2. The molecule has 31 heavy (non-hydrogen) atoms. The van der Waals surface area contributed by atoms with Gasteiger partial charge in [-0.3, -0.25) is 4.79 Å². The van der Waals surface area contributed by atoms with Crippen LogP contribution in [0.2, 0.25) is 0 Å². The smallest absolute Gasteiger partial charge is 0.357 e. The SMILES string of the molecule is N#Cc1ccsc1NC(=O)COC(=O)c1cc(-c2ccccc2)nn1-c1ccccc1. The van der Waals surface area contributed by atoms with E-state index in [1.165, 1.54) is 16.0 Å². The number of thiophene rings is 1. The molecule has 0 atom stereocenters. The van der Waals surface area contributed by atoms with E-state index >= 15 is 0 Å². The summed E-state index contributed by atoms with van der Waals surface area (Å²) in [4.78, 5) is 25.0. The predicted molar refractivity (Wildman–Crippen MR) is 117 cm³/mol. The minimum Gasteiger partial charge on any atom is -0.451 e. The Balaban J connectivity index is 1.55. The van der Waals surface area contributed by atoms with Crippen molar-refractivity contribution < 1.29 is 14.3 Å². The van der Waals surface area contributed by atoms with Crippen LogP contribution >= 0.6 is 11.3 Å². The van der Waals surface area contributed by atoms with Crippen LogP contribution in [0.5, 0.6) is 0 Å². The van der Waals surface area contributed by atoms with Gasteiger partial charge in [0.25, 0.3) is 5.91 Å². The molecule has 0 unspecified atom stereocenters. The number of nitriles is 1. The number of esters is 1. The molecule has 0 saturated carbocycles. The van der Waals surface area contributed by atoms with Gasteiger partial charge in [-0.15, -0.1) is 11.3 Å². The van der Waals surface area contributed by atoms with Crippen molar-refractivity contribution in [3.63, 3.8) is 0 Å². The molecule has 2 aromatic heterocycles. The molecule has 4 aromatic rings. The molecule has 1 amide bonds. The minimum absolute atomic E-state index is 0.201. The van der Waals surface area contributed by atoms with E-state index in [9.17, 15) is 9.59 Å². The number of benzene rings is 2. The third kappa shape index (κ3) is 4.52. The molecule has 1 N–H and O–H groups in total. The highest BCUT2D eigenvalue weighted by atomic mass is 32.1. The quantitative estimate of drug-likeness (QED) is 0.463. The summed E-state index contributed by atoms with van der Waals surface area (Å²) in [5, 5.41) is 18.3. The van der Waals surface area contributed by atoms with Crippen LogP contribution in [0.3, 0.4) is 0 Å². The molecule has 2 aromatic carbocycles. The van der Waals surface area contributed by atoms with Gasteiger partial charge in [-0.25, -0.2) is 9.48 Å². The van der Waals surface area contributed by atoms with E-state index < -0.39 is 18.5 Å². The first-order valence-corrected chi connectivity index (χ1v) is 10.2. The molecule has 0 radical (unpaired) electrons. The fourth-order valence-electron chi connectivity index (χ4n) is 2.90. The van der Waals surface area contributed by atoms with Crippen molar-refractivity contribution in [1.29, 1.82) is 5.26 Å². The van der Waals surface area contributed by atoms with Crippen molar-refractivity contribution in [3.05, 3.63) is 89.4 Å². The number of nitrogens with zero attached hydrogens (tertiary/aromatic N) is 3. The number of ether oxygens (including phenoxy) is 1. The Labute approximate surface area is 182 Å². The summed E-state index contributed by atoms with van der Waals surface area (Å²) in [5.74, 6) is -1.21. The number of hydrogen-bond acceptors (Lipinski definition) is 6. The zero-order valence-electron chi connectivity index (χ0n) is 16.2. The van der Waals surface area contributed by atoms with Gasteiger partial charge >= 0.3 is 5.97 Å². The number of rotatable bonds is 6. The highest BCUT2D eigenvalue weighted by Gasteiger charge is 2.20. The third-order valence-corrected chi connectivity index (χ3v) is 5.19. The Bertz CT molecular complexity index is 1260. The number of para-hydroxylation sites is 1. The van der Waals surface area contributed by atoms with Gasteiger partial charge in [0.1, 0.15) is 11.1 Å². The lowest BCUT2D eigenvalue weighted by Gasteiger charge is -2.08. The van der Waals surface area contributed by atoms with Gasteiger partial charge in [-0.05, 0) is 29.6 Å². The maximum atomic E-state index is 12.8. The van der Waals surface area contributed by atoms with Gasteiger partial charge in [0.15, 0.2) is 12.3 Å². The Morgan fingerprint density at radius 3 is 2.48 bits per heavy atom. The molecule has 0 saturated heterocycles. The van der Waals surface area contributed by atoms with Gasteiger partial charge in [0.2, 0.25) is 0 Å². The molecule has 4 rings (SSSR count). The van der Waals surface area contributed by atoms with Crippen molar-refractivity contribution in [1.82, 2.24) is 9.78 Å². The second kappa shape index (κ2) is 9.07. The molecule has 0 aliphatic carbocycles. The summed E-state index contributed by atoms with van der Waals surface area (Å²) in [6.45, 7) is -0.484. The average Bonchev–Trinajstić information content (AvgIpc) is 3.46. The molecule has 0 aliphatic rings. The lowest BCUT2D eigenvalue weighted by molar-refractivity contribution is -0.119. The molecule has 0 bridgehead atoms. The van der Waals surface area contributed by atoms with Crippen LogP contribution in [0.1, 0.15) is 16.1 Å². The number of carbonyl (C=O) groups excluding carboxylic acids is 2. The van der Waals surface area contributed by atoms with E-state index in [0.29, 0.717) is 21.9 Å². The normalized spacial score (nSPS) is 10.3. The molecular formula is C23H16N4O3S. The second-order valence-corrected chi connectivity index (χ2v) is 7.34. The van der Waals surface area contributed by atoms with Crippen molar-refractivity contribution in [2.45, 2.75) is 0 Å². The first-order valence-electron chi connectivity index (χ1n) is 9.31. The van der Waals surface area contributed by atoms with Crippen LogP contribution in [0.4, 0.5) is 5.00 Å². The van der Waals surface area contributed by atoms with E-state index in [0.717, 1.165) is 5.56 Å². The van der Waals surface area contributed by atoms with Gasteiger partial charge in [0, 0.05) is 5.56 Å². The maximum absolute atomic E-state index is 12.8. The van der Waals surface area contributed by atoms with Crippen molar-refractivity contribution >= 4 is 28.2 Å². The molecule has 0 spiro atoms. The summed E-state index contributed by atoms with van der Waals surface area (Å²) in [6, 6.07) is 23.9. The van der Waals surface area contributed by atoms with Gasteiger partial charge in [-0.1, -0.05) is 48.5 Å². The van der Waals surface area contributed by atoms with Crippen LogP contribution in [0, 0.1) is 11.3 Å². The van der Waals surface area contributed by atoms with Crippen LogP contribution < -0.4 is 5.32 Å². The fraction of sp³-hybridized carbons (Fsp3) is 0.0435. The van der Waals surface area contributed by atoms with Gasteiger partial charge in [0.05, 0.1) is 16.9 Å². The van der Waals surface area contributed by atoms with Crippen LogP contribution in [-0.4, -0.2) is 28.3 Å². The summed E-state index contributed by atoms with van der Waals surface area (Å²) < 4.78 is 6.73. The van der Waals surface area contributed by atoms with E-state index in [-0.39, 0.29) is 5.69 Å². The molecule has 0 fully saturated rings. The van der Waals surface area contributed by atoms with E-state index in [2.05, 4.69) is 10.4 Å². The number of nitrogens with one attached hydrogen (secondary N) is 1. The molecular weight excluding hydrogens is 412 g/mol. The third-order valence-electron chi connectivity index (χ3n) is 4.36. The molecule has 7 nitrogen and oxygen atoms in total.